The Morgan fingerprint density at radius 2 is 1.95 bits per heavy atom. The van der Waals surface area contributed by atoms with Crippen LogP contribution in [0.1, 0.15) is 48.0 Å². The van der Waals surface area contributed by atoms with E-state index in [0.29, 0.717) is 0 Å². The van der Waals surface area contributed by atoms with E-state index in [0.717, 1.165) is 11.3 Å². The van der Waals surface area contributed by atoms with Crippen molar-refractivity contribution in [1.82, 2.24) is 15.6 Å². The Labute approximate surface area is 120 Å². The first-order valence-electron chi connectivity index (χ1n) is 5.92. The second kappa shape index (κ2) is 6.00. The van der Waals surface area contributed by atoms with Crippen molar-refractivity contribution in [3.8, 4) is 0 Å². The molecule has 1 rings (SSSR count). The van der Waals surface area contributed by atoms with Crippen LogP contribution in [0.2, 0.25) is 0 Å². The van der Waals surface area contributed by atoms with Crippen LogP contribution in [0.5, 0.6) is 0 Å². The van der Waals surface area contributed by atoms with E-state index in [9.17, 15) is 14.4 Å². The fourth-order valence-corrected chi connectivity index (χ4v) is 1.97. The Morgan fingerprint density at radius 3 is 2.40 bits per heavy atom. The second-order valence-electron chi connectivity index (χ2n) is 5.28. The van der Waals surface area contributed by atoms with E-state index < -0.39 is 23.5 Å². The number of aromatic nitrogens is 1. The molecular weight excluding hydrogens is 282 g/mol. The first kappa shape index (κ1) is 16.1. The number of carboxylic acid groups (broad SMARTS) is 1. The van der Waals surface area contributed by atoms with E-state index in [2.05, 4.69) is 15.6 Å². The van der Waals surface area contributed by atoms with Crippen LogP contribution in [-0.4, -0.2) is 39.5 Å². The number of hydrogen-bond acceptors (Lipinski definition) is 5. The van der Waals surface area contributed by atoms with Crippen molar-refractivity contribution >= 4 is 29.1 Å². The van der Waals surface area contributed by atoms with Crippen LogP contribution in [0, 0.1) is 0 Å². The van der Waals surface area contributed by atoms with Gasteiger partial charge in [0.15, 0.2) is 10.7 Å². The van der Waals surface area contributed by atoms with E-state index in [4.69, 9.17) is 5.11 Å². The predicted octanol–water partition coefficient (Wildman–Crippen LogP) is 0.874. The lowest BCUT2D eigenvalue weighted by molar-refractivity contribution is -0.124. The van der Waals surface area contributed by atoms with Gasteiger partial charge in [-0.2, -0.15) is 0 Å². The highest BCUT2D eigenvalue weighted by Gasteiger charge is 2.22. The SMILES string of the molecule is CC(NC(=O)c1nc(C(=O)O)cs1)C(=O)NC(C)(C)C. The molecule has 1 aromatic heterocycles. The smallest absolute Gasteiger partial charge is 0.355 e. The first-order valence-corrected chi connectivity index (χ1v) is 6.80. The molecule has 0 bridgehead atoms. The highest BCUT2D eigenvalue weighted by Crippen LogP contribution is 2.10. The van der Waals surface area contributed by atoms with Gasteiger partial charge < -0.3 is 15.7 Å². The van der Waals surface area contributed by atoms with Crippen molar-refractivity contribution in [3.05, 3.63) is 16.1 Å². The number of nitrogens with one attached hydrogen (secondary N) is 2. The number of thiazole rings is 1. The molecule has 0 saturated heterocycles. The molecule has 3 N–H and O–H groups in total. The van der Waals surface area contributed by atoms with Crippen molar-refractivity contribution in [2.24, 2.45) is 0 Å². The van der Waals surface area contributed by atoms with Crippen LogP contribution >= 0.6 is 11.3 Å². The summed E-state index contributed by atoms with van der Waals surface area (Å²) in [5, 5.41) is 15.2. The number of carbonyl (C=O) groups is 3. The van der Waals surface area contributed by atoms with Crippen molar-refractivity contribution in [2.75, 3.05) is 0 Å². The van der Waals surface area contributed by atoms with Gasteiger partial charge in [-0.25, -0.2) is 9.78 Å². The first-order chi connectivity index (χ1) is 9.10. The topological polar surface area (TPSA) is 108 Å². The minimum atomic E-state index is -1.20. The van der Waals surface area contributed by atoms with E-state index in [1.54, 1.807) is 6.92 Å². The Kier molecular flexibility index (Phi) is 4.83. The molecule has 0 aliphatic heterocycles. The van der Waals surface area contributed by atoms with Gasteiger partial charge in [0, 0.05) is 10.9 Å². The van der Waals surface area contributed by atoms with Crippen LogP contribution < -0.4 is 10.6 Å². The van der Waals surface area contributed by atoms with Gasteiger partial charge in [0.25, 0.3) is 5.91 Å². The van der Waals surface area contributed by atoms with Crippen molar-refractivity contribution in [2.45, 2.75) is 39.3 Å². The summed E-state index contributed by atoms with van der Waals surface area (Å²) in [4.78, 5) is 38.0. The third-order valence-corrected chi connectivity index (χ3v) is 3.00. The molecule has 1 unspecified atom stereocenters. The van der Waals surface area contributed by atoms with Crippen LogP contribution in [-0.2, 0) is 4.79 Å². The third kappa shape index (κ3) is 4.61. The minimum absolute atomic E-state index is 0.0119. The second-order valence-corrected chi connectivity index (χ2v) is 6.14. The average molecular weight is 299 g/mol. The van der Waals surface area contributed by atoms with Crippen LogP contribution in [0.15, 0.2) is 5.38 Å². The Morgan fingerprint density at radius 1 is 1.35 bits per heavy atom. The molecule has 8 heteroatoms. The fraction of sp³-hybridized carbons (Fsp3) is 0.500. The van der Waals surface area contributed by atoms with Crippen molar-refractivity contribution in [3.63, 3.8) is 0 Å². The maximum atomic E-state index is 11.8. The highest BCUT2D eigenvalue weighted by atomic mass is 32.1. The summed E-state index contributed by atoms with van der Waals surface area (Å²) in [6.07, 6.45) is 0. The van der Waals surface area contributed by atoms with Gasteiger partial charge in [-0.1, -0.05) is 0 Å². The highest BCUT2D eigenvalue weighted by molar-refractivity contribution is 7.11. The maximum Gasteiger partial charge on any atom is 0.355 e. The molecule has 1 atom stereocenters. The van der Waals surface area contributed by atoms with E-state index in [1.807, 2.05) is 20.8 Å². The number of carboxylic acids is 1. The number of aromatic carboxylic acids is 1. The average Bonchev–Trinajstić information content (AvgIpc) is 2.75. The summed E-state index contributed by atoms with van der Waals surface area (Å²) < 4.78 is 0. The number of nitrogens with zero attached hydrogens (tertiary/aromatic N) is 1. The summed E-state index contributed by atoms with van der Waals surface area (Å²) in [5.41, 5.74) is -0.583. The summed E-state index contributed by atoms with van der Waals surface area (Å²) in [7, 11) is 0. The van der Waals surface area contributed by atoms with Gasteiger partial charge in [0.1, 0.15) is 6.04 Å². The van der Waals surface area contributed by atoms with Crippen molar-refractivity contribution < 1.29 is 19.5 Å². The van der Waals surface area contributed by atoms with E-state index in [1.165, 1.54) is 5.38 Å². The fourth-order valence-electron chi connectivity index (χ4n) is 1.28. The molecule has 110 valence electrons. The summed E-state index contributed by atoms with van der Waals surface area (Å²) in [6.45, 7) is 7.04. The van der Waals surface area contributed by atoms with Crippen LogP contribution in [0.25, 0.3) is 0 Å². The standard InChI is InChI=1S/C12H17N3O4S/c1-6(8(16)15-12(2,3)4)13-9(17)10-14-7(5-20-10)11(18)19/h5-6H,1-4H3,(H,13,17)(H,15,16)(H,18,19). The van der Waals surface area contributed by atoms with Gasteiger partial charge in [-0.3, -0.25) is 9.59 Å². The molecule has 0 saturated carbocycles. The molecule has 0 spiro atoms. The number of amides is 2. The van der Waals surface area contributed by atoms with Gasteiger partial charge in [-0.05, 0) is 27.7 Å². The number of rotatable bonds is 4. The molecule has 0 aromatic carbocycles. The lowest BCUT2D eigenvalue weighted by Crippen LogP contribution is -2.50. The molecule has 1 aromatic rings. The van der Waals surface area contributed by atoms with E-state index >= 15 is 0 Å². The molecule has 1 heterocycles. The molecule has 0 aliphatic rings. The Balaban J connectivity index is 2.65. The van der Waals surface area contributed by atoms with Gasteiger partial charge in [0.2, 0.25) is 5.91 Å². The third-order valence-electron chi connectivity index (χ3n) is 2.16. The summed E-state index contributed by atoms with van der Waals surface area (Å²) in [5.74, 6) is -2.08. The van der Waals surface area contributed by atoms with Crippen LogP contribution in [0.3, 0.4) is 0 Å². The molecule has 20 heavy (non-hydrogen) atoms. The summed E-state index contributed by atoms with van der Waals surface area (Å²) >= 11 is 0.917. The molecule has 7 nitrogen and oxygen atoms in total. The van der Waals surface area contributed by atoms with Gasteiger partial charge in [0.05, 0.1) is 0 Å². The zero-order valence-electron chi connectivity index (χ0n) is 11.7. The normalized spacial score (nSPS) is 12.6. The van der Waals surface area contributed by atoms with Gasteiger partial charge >= 0.3 is 5.97 Å². The maximum absolute atomic E-state index is 11.8. The monoisotopic (exact) mass is 299 g/mol. The van der Waals surface area contributed by atoms with Gasteiger partial charge in [-0.15, -0.1) is 11.3 Å². The largest absolute Gasteiger partial charge is 0.476 e. The number of carbonyl (C=O) groups excluding carboxylic acids is 2. The molecule has 0 fully saturated rings. The molecular formula is C12H17N3O4S. The molecule has 0 radical (unpaired) electrons. The lowest BCUT2D eigenvalue weighted by atomic mass is 10.1. The lowest BCUT2D eigenvalue weighted by Gasteiger charge is -2.23. The predicted molar refractivity (Wildman–Crippen MR) is 73.9 cm³/mol. The quantitative estimate of drug-likeness (QED) is 0.764. The van der Waals surface area contributed by atoms with E-state index in [-0.39, 0.29) is 16.6 Å². The van der Waals surface area contributed by atoms with Crippen molar-refractivity contribution in [1.29, 1.82) is 0 Å². The Hall–Kier alpha value is -1.96. The zero-order valence-corrected chi connectivity index (χ0v) is 12.5. The molecule has 2 amide bonds. The zero-order chi connectivity index (χ0) is 15.5. The number of hydrogen-bond donors (Lipinski definition) is 3. The molecule has 0 aliphatic carbocycles. The summed E-state index contributed by atoms with van der Waals surface area (Å²) in [6, 6.07) is -0.737. The Bertz CT molecular complexity index is 533. The minimum Gasteiger partial charge on any atom is -0.476 e. The van der Waals surface area contributed by atoms with Crippen LogP contribution in [0.4, 0.5) is 0 Å².